The maximum atomic E-state index is 11.0. The van der Waals surface area contributed by atoms with E-state index in [-0.39, 0.29) is 17.5 Å². The smallest absolute Gasteiger partial charge is 0.315 e. The first kappa shape index (κ1) is 11.6. The first-order valence-corrected chi connectivity index (χ1v) is 6.17. The van der Waals surface area contributed by atoms with Crippen LogP contribution in [0.1, 0.15) is 29.4 Å². The highest BCUT2D eigenvalue weighted by molar-refractivity contribution is 7.90. The van der Waals surface area contributed by atoms with Gasteiger partial charge in [-0.3, -0.25) is 4.79 Å². The highest BCUT2D eigenvalue weighted by atomic mass is 32.2. The lowest BCUT2D eigenvalue weighted by Crippen LogP contribution is -2.13. The number of sulfone groups is 1. The van der Waals surface area contributed by atoms with Crippen LogP contribution in [0.5, 0.6) is 0 Å². The van der Waals surface area contributed by atoms with Crippen LogP contribution >= 0.6 is 0 Å². The number of hydrogen-bond donors (Lipinski definition) is 1. The van der Waals surface area contributed by atoms with Crippen molar-refractivity contribution in [1.82, 2.24) is 10.1 Å². The molecule has 15 heavy (non-hydrogen) atoms. The summed E-state index contributed by atoms with van der Waals surface area (Å²) in [4.78, 5) is 14.3. The molecule has 1 aromatic heterocycles. The lowest BCUT2D eigenvalue weighted by atomic mass is 10.2. The number of carbonyl (C=O) groups is 1. The van der Waals surface area contributed by atoms with Crippen LogP contribution in [0.2, 0.25) is 0 Å². The van der Waals surface area contributed by atoms with Gasteiger partial charge in [-0.05, 0) is 0 Å². The number of nitrogens with two attached hydrogens (primary N) is 1. The van der Waals surface area contributed by atoms with Crippen molar-refractivity contribution in [2.24, 2.45) is 5.73 Å². The molecule has 2 N–H and O–H groups in total. The van der Waals surface area contributed by atoms with E-state index in [0.717, 1.165) is 6.26 Å². The molecule has 8 heteroatoms. The minimum absolute atomic E-state index is 0.106. The number of amides is 1. The third-order valence-corrected chi connectivity index (χ3v) is 2.75. The molecule has 1 aromatic rings. The van der Waals surface area contributed by atoms with Crippen molar-refractivity contribution < 1.29 is 17.7 Å². The Kier molecular flexibility index (Phi) is 3.08. The van der Waals surface area contributed by atoms with Crippen molar-refractivity contribution in [2.45, 2.75) is 12.8 Å². The van der Waals surface area contributed by atoms with Crippen LogP contribution in [-0.4, -0.2) is 36.5 Å². The molecule has 1 rings (SSSR count). The third-order valence-electron chi connectivity index (χ3n) is 1.65. The standard InChI is InChI=1S/C7H11N3O4S/c1-4(3-15(2,12)13)6-9-7(5(8)11)14-10-6/h4H,3H2,1-2H3,(H2,8,11). The minimum atomic E-state index is -3.12. The van der Waals surface area contributed by atoms with E-state index >= 15 is 0 Å². The summed E-state index contributed by atoms with van der Waals surface area (Å²) in [7, 11) is -3.12. The summed E-state index contributed by atoms with van der Waals surface area (Å²) in [6.45, 7) is 1.62. The second-order valence-corrected chi connectivity index (χ2v) is 5.50. The number of nitrogens with zero attached hydrogens (tertiary/aromatic N) is 2. The van der Waals surface area contributed by atoms with Gasteiger partial charge in [-0.15, -0.1) is 0 Å². The summed E-state index contributed by atoms with van der Waals surface area (Å²) in [6, 6.07) is 0. The lowest BCUT2D eigenvalue weighted by molar-refractivity contribution is 0.0958. The van der Waals surface area contributed by atoms with Crippen LogP contribution in [0.4, 0.5) is 0 Å². The van der Waals surface area contributed by atoms with Gasteiger partial charge in [0, 0.05) is 12.2 Å². The molecule has 1 atom stereocenters. The average Bonchev–Trinajstić information content (AvgIpc) is 2.47. The normalized spacial score (nSPS) is 13.7. The van der Waals surface area contributed by atoms with E-state index < -0.39 is 21.7 Å². The van der Waals surface area contributed by atoms with Crippen molar-refractivity contribution in [3.63, 3.8) is 0 Å². The Morgan fingerprint density at radius 2 is 2.20 bits per heavy atom. The SMILES string of the molecule is CC(CS(C)(=O)=O)c1noc(C(N)=O)n1. The molecule has 0 fully saturated rings. The van der Waals surface area contributed by atoms with Crippen LogP contribution in [0.25, 0.3) is 0 Å². The molecule has 0 saturated heterocycles. The van der Waals surface area contributed by atoms with Crippen LogP contribution < -0.4 is 5.73 Å². The fourth-order valence-electron chi connectivity index (χ4n) is 1.06. The van der Waals surface area contributed by atoms with Gasteiger partial charge in [-0.2, -0.15) is 4.98 Å². The second-order valence-electron chi connectivity index (χ2n) is 3.32. The Balaban J connectivity index is 2.83. The molecule has 0 spiro atoms. The molecule has 0 aliphatic heterocycles. The number of carbonyl (C=O) groups excluding carboxylic acids is 1. The van der Waals surface area contributed by atoms with E-state index in [1.165, 1.54) is 0 Å². The second kappa shape index (κ2) is 3.97. The van der Waals surface area contributed by atoms with E-state index in [1.54, 1.807) is 6.92 Å². The fraction of sp³-hybridized carbons (Fsp3) is 0.571. The van der Waals surface area contributed by atoms with E-state index in [0.29, 0.717) is 0 Å². The monoisotopic (exact) mass is 233 g/mol. The molecule has 0 aliphatic rings. The van der Waals surface area contributed by atoms with Crippen molar-refractivity contribution in [2.75, 3.05) is 12.0 Å². The van der Waals surface area contributed by atoms with E-state index in [1.807, 2.05) is 0 Å². The van der Waals surface area contributed by atoms with Gasteiger partial charge < -0.3 is 10.3 Å². The van der Waals surface area contributed by atoms with Crippen molar-refractivity contribution in [1.29, 1.82) is 0 Å². The Morgan fingerprint density at radius 1 is 1.60 bits per heavy atom. The maximum absolute atomic E-state index is 11.0. The summed E-state index contributed by atoms with van der Waals surface area (Å²) < 4.78 is 26.5. The predicted octanol–water partition coefficient (Wildman–Crippen LogP) is -0.683. The zero-order valence-electron chi connectivity index (χ0n) is 8.30. The fourth-order valence-corrected chi connectivity index (χ4v) is 2.12. The highest BCUT2D eigenvalue weighted by Crippen LogP contribution is 2.13. The summed E-state index contributed by atoms with van der Waals surface area (Å²) in [6.07, 6.45) is 1.11. The van der Waals surface area contributed by atoms with Crippen molar-refractivity contribution in [3.8, 4) is 0 Å². The van der Waals surface area contributed by atoms with E-state index in [9.17, 15) is 13.2 Å². The molecular formula is C7H11N3O4S. The zero-order chi connectivity index (χ0) is 11.6. The number of primary amides is 1. The number of aromatic nitrogens is 2. The van der Waals surface area contributed by atoms with Crippen LogP contribution in [-0.2, 0) is 9.84 Å². The van der Waals surface area contributed by atoms with Gasteiger partial charge in [-0.25, -0.2) is 8.42 Å². The maximum Gasteiger partial charge on any atom is 0.315 e. The first-order chi connectivity index (χ1) is 6.79. The van der Waals surface area contributed by atoms with Gasteiger partial charge in [0.2, 0.25) is 0 Å². The van der Waals surface area contributed by atoms with E-state index in [4.69, 9.17) is 5.73 Å². The Labute approximate surface area is 86.6 Å². The summed E-state index contributed by atoms with van der Waals surface area (Å²) in [5.74, 6) is -1.53. The largest absolute Gasteiger partial charge is 0.361 e. The molecule has 0 saturated carbocycles. The van der Waals surface area contributed by atoms with Gasteiger partial charge in [0.1, 0.15) is 9.84 Å². The quantitative estimate of drug-likeness (QED) is 0.736. The number of rotatable bonds is 4. The van der Waals surface area contributed by atoms with Crippen LogP contribution in [0.15, 0.2) is 4.52 Å². The Hall–Kier alpha value is -1.44. The lowest BCUT2D eigenvalue weighted by Gasteiger charge is -2.03. The molecule has 0 bridgehead atoms. The van der Waals surface area contributed by atoms with Crippen molar-refractivity contribution in [3.05, 3.63) is 11.7 Å². The van der Waals surface area contributed by atoms with E-state index in [2.05, 4.69) is 14.7 Å². The first-order valence-electron chi connectivity index (χ1n) is 4.10. The predicted molar refractivity (Wildman–Crippen MR) is 50.9 cm³/mol. The number of hydrogen-bond acceptors (Lipinski definition) is 6. The molecule has 84 valence electrons. The zero-order valence-corrected chi connectivity index (χ0v) is 9.11. The Bertz CT molecular complexity index is 464. The van der Waals surface area contributed by atoms with Gasteiger partial charge in [0.15, 0.2) is 5.82 Å². The Morgan fingerprint density at radius 3 is 2.60 bits per heavy atom. The van der Waals surface area contributed by atoms with Gasteiger partial charge in [0.25, 0.3) is 0 Å². The molecule has 1 unspecified atom stereocenters. The molecular weight excluding hydrogens is 222 g/mol. The van der Waals surface area contributed by atoms with Crippen molar-refractivity contribution >= 4 is 15.7 Å². The molecule has 1 heterocycles. The summed E-state index contributed by atoms with van der Waals surface area (Å²) >= 11 is 0. The highest BCUT2D eigenvalue weighted by Gasteiger charge is 2.19. The van der Waals surface area contributed by atoms with Crippen LogP contribution in [0, 0.1) is 0 Å². The average molecular weight is 233 g/mol. The molecule has 7 nitrogen and oxygen atoms in total. The topological polar surface area (TPSA) is 116 Å². The summed E-state index contributed by atoms with van der Waals surface area (Å²) in [5.41, 5.74) is 4.90. The summed E-state index contributed by atoms with van der Waals surface area (Å²) in [5, 5.41) is 3.47. The van der Waals surface area contributed by atoms with Gasteiger partial charge in [-0.1, -0.05) is 12.1 Å². The minimum Gasteiger partial charge on any atom is -0.361 e. The van der Waals surface area contributed by atoms with Gasteiger partial charge >= 0.3 is 11.8 Å². The van der Waals surface area contributed by atoms with Crippen LogP contribution in [0.3, 0.4) is 0 Å². The third kappa shape index (κ3) is 3.31. The molecule has 0 aromatic carbocycles. The molecule has 0 aliphatic carbocycles. The molecule has 1 amide bonds. The van der Waals surface area contributed by atoms with Gasteiger partial charge in [0.05, 0.1) is 5.75 Å². The molecule has 0 radical (unpaired) electrons.